The van der Waals surface area contributed by atoms with E-state index in [1.165, 1.54) is 50.5 Å². The number of para-hydroxylation sites is 1. The van der Waals surface area contributed by atoms with Crippen molar-refractivity contribution in [2.24, 2.45) is 0 Å². The van der Waals surface area contributed by atoms with Gasteiger partial charge >= 0.3 is 0 Å². The molecule has 0 saturated carbocycles. The van der Waals surface area contributed by atoms with Crippen molar-refractivity contribution in [3.05, 3.63) is 53.1 Å². The minimum absolute atomic E-state index is 0.0525. The molecule has 1 atom stereocenters. The van der Waals surface area contributed by atoms with Gasteiger partial charge in [0.15, 0.2) is 5.75 Å². The maximum atomic E-state index is 12.5. The number of phenols is 1. The van der Waals surface area contributed by atoms with Crippen LogP contribution in [0.5, 0.6) is 5.75 Å². The fourth-order valence-corrected chi connectivity index (χ4v) is 4.77. The summed E-state index contributed by atoms with van der Waals surface area (Å²) in [5, 5.41) is 9.81. The Kier molecular flexibility index (Phi) is 5.99. The fourth-order valence-electron chi connectivity index (χ4n) is 2.23. The number of sulfonamides is 2. The Morgan fingerprint density at radius 3 is 2.31 bits per heavy atom. The lowest BCUT2D eigenvalue weighted by atomic mass is 10.1. The van der Waals surface area contributed by atoms with Crippen molar-refractivity contribution in [1.29, 1.82) is 0 Å². The van der Waals surface area contributed by atoms with E-state index in [0.717, 1.165) is 4.31 Å². The Hall–Kier alpha value is -1.65. The highest BCUT2D eigenvalue weighted by Crippen LogP contribution is 2.31. The lowest BCUT2D eigenvalue weighted by Crippen LogP contribution is -2.27. The van der Waals surface area contributed by atoms with Crippen molar-refractivity contribution in [1.82, 2.24) is 9.03 Å². The molecule has 142 valence electrons. The number of benzene rings is 2. The summed E-state index contributed by atoms with van der Waals surface area (Å²) in [7, 11) is -4.89. The zero-order valence-electron chi connectivity index (χ0n) is 14.3. The standard InChI is InChI=1S/C16H19ClN2O5S2/c1-11(12-6-4-7-13(10-12)26(23,24)19(2)3)18-25(21,22)15-9-5-8-14(17)16(15)20/h4-11,18,20H,1-3H3. The number of hydrogen-bond acceptors (Lipinski definition) is 5. The first-order valence-corrected chi connectivity index (χ1v) is 10.8. The van der Waals surface area contributed by atoms with Gasteiger partial charge < -0.3 is 5.11 Å². The van der Waals surface area contributed by atoms with Gasteiger partial charge in [0.2, 0.25) is 20.0 Å². The molecule has 0 bridgehead atoms. The molecule has 0 aromatic heterocycles. The molecule has 26 heavy (non-hydrogen) atoms. The normalized spacial score (nSPS) is 13.7. The largest absolute Gasteiger partial charge is 0.505 e. The summed E-state index contributed by atoms with van der Waals surface area (Å²) in [4.78, 5) is -0.300. The van der Waals surface area contributed by atoms with Gasteiger partial charge in [-0.2, -0.15) is 0 Å². The molecule has 0 heterocycles. The molecule has 0 aliphatic carbocycles. The smallest absolute Gasteiger partial charge is 0.244 e. The summed E-state index contributed by atoms with van der Waals surface area (Å²) in [6, 6.07) is 9.25. The highest BCUT2D eigenvalue weighted by molar-refractivity contribution is 7.89. The molecule has 2 N–H and O–H groups in total. The average molecular weight is 419 g/mol. The van der Waals surface area contributed by atoms with Gasteiger partial charge in [-0.05, 0) is 36.8 Å². The van der Waals surface area contributed by atoms with Crippen molar-refractivity contribution in [2.45, 2.75) is 22.8 Å². The van der Waals surface area contributed by atoms with Crippen LogP contribution in [0.25, 0.3) is 0 Å². The van der Waals surface area contributed by atoms with Gasteiger partial charge in [-0.1, -0.05) is 29.8 Å². The zero-order valence-corrected chi connectivity index (χ0v) is 16.7. The average Bonchev–Trinajstić information content (AvgIpc) is 2.56. The molecule has 1 unspecified atom stereocenters. The SMILES string of the molecule is CC(NS(=O)(=O)c1cccc(Cl)c1O)c1cccc(S(=O)(=O)N(C)C)c1. The van der Waals surface area contributed by atoms with Crippen LogP contribution in [-0.4, -0.2) is 40.3 Å². The van der Waals surface area contributed by atoms with Gasteiger partial charge in [-0.15, -0.1) is 0 Å². The van der Waals surface area contributed by atoms with E-state index in [2.05, 4.69) is 4.72 Å². The molecule has 0 saturated heterocycles. The molecule has 0 fully saturated rings. The Bertz CT molecular complexity index is 1020. The third-order valence-electron chi connectivity index (χ3n) is 3.71. The summed E-state index contributed by atoms with van der Waals surface area (Å²) in [5.74, 6) is -0.544. The van der Waals surface area contributed by atoms with E-state index in [1.807, 2.05) is 0 Å². The molecule has 2 aromatic rings. The quantitative estimate of drug-likeness (QED) is 0.749. The number of aromatic hydroxyl groups is 1. The van der Waals surface area contributed by atoms with Crippen LogP contribution in [0, 0.1) is 0 Å². The zero-order chi connectivity index (χ0) is 19.7. The number of nitrogens with one attached hydrogen (secondary N) is 1. The molecule has 7 nitrogen and oxygen atoms in total. The second-order valence-electron chi connectivity index (χ2n) is 5.79. The van der Waals surface area contributed by atoms with Gasteiger partial charge in [-0.3, -0.25) is 0 Å². The van der Waals surface area contributed by atoms with Crippen molar-refractivity contribution < 1.29 is 21.9 Å². The highest BCUT2D eigenvalue weighted by Gasteiger charge is 2.24. The van der Waals surface area contributed by atoms with Gasteiger partial charge in [0.1, 0.15) is 4.90 Å². The number of hydrogen-bond donors (Lipinski definition) is 2. The minimum Gasteiger partial charge on any atom is -0.505 e. The second kappa shape index (κ2) is 7.53. The van der Waals surface area contributed by atoms with E-state index in [-0.39, 0.29) is 14.8 Å². The van der Waals surface area contributed by atoms with E-state index < -0.39 is 31.8 Å². The summed E-state index contributed by atoms with van der Waals surface area (Å²) in [5.41, 5.74) is 0.456. The maximum Gasteiger partial charge on any atom is 0.244 e. The van der Waals surface area contributed by atoms with Crippen LogP contribution in [0.3, 0.4) is 0 Å². The Balaban J connectivity index is 2.36. The van der Waals surface area contributed by atoms with E-state index in [0.29, 0.717) is 5.56 Å². The Morgan fingerprint density at radius 2 is 1.69 bits per heavy atom. The minimum atomic E-state index is -4.07. The monoisotopic (exact) mass is 418 g/mol. The molecule has 2 aromatic carbocycles. The van der Waals surface area contributed by atoms with Gasteiger partial charge in [0.05, 0.1) is 9.92 Å². The summed E-state index contributed by atoms with van der Waals surface area (Å²) >= 11 is 5.76. The van der Waals surface area contributed by atoms with Gasteiger partial charge in [0.25, 0.3) is 0 Å². The van der Waals surface area contributed by atoms with Crippen molar-refractivity contribution in [3.63, 3.8) is 0 Å². The van der Waals surface area contributed by atoms with Crippen LogP contribution < -0.4 is 4.72 Å². The van der Waals surface area contributed by atoms with Gasteiger partial charge in [-0.25, -0.2) is 25.9 Å². The molecule has 0 aliphatic heterocycles. The number of halogens is 1. The molecule has 0 amide bonds. The van der Waals surface area contributed by atoms with Crippen LogP contribution in [0.1, 0.15) is 18.5 Å². The first-order chi connectivity index (χ1) is 12.0. The van der Waals surface area contributed by atoms with E-state index in [1.54, 1.807) is 13.0 Å². The van der Waals surface area contributed by atoms with Gasteiger partial charge in [0, 0.05) is 20.1 Å². The van der Waals surface area contributed by atoms with E-state index >= 15 is 0 Å². The Morgan fingerprint density at radius 1 is 1.08 bits per heavy atom. The van der Waals surface area contributed by atoms with Crippen LogP contribution in [-0.2, 0) is 20.0 Å². The fraction of sp³-hybridized carbons (Fsp3) is 0.250. The molecule has 2 rings (SSSR count). The van der Waals surface area contributed by atoms with Crippen LogP contribution in [0.4, 0.5) is 0 Å². The first-order valence-electron chi connectivity index (χ1n) is 7.49. The topological polar surface area (TPSA) is 104 Å². The number of phenolic OH excluding ortho intramolecular Hbond substituents is 1. The number of nitrogens with zero attached hydrogens (tertiary/aromatic N) is 1. The lowest BCUT2D eigenvalue weighted by molar-refractivity contribution is 0.457. The Labute approximate surface area is 158 Å². The highest BCUT2D eigenvalue weighted by atomic mass is 35.5. The van der Waals surface area contributed by atoms with E-state index in [4.69, 9.17) is 11.6 Å². The molecule has 10 heteroatoms. The third kappa shape index (κ3) is 4.18. The summed E-state index contributed by atoms with van der Waals surface area (Å²) < 4.78 is 53.0. The van der Waals surface area contributed by atoms with Crippen LogP contribution in [0.15, 0.2) is 52.3 Å². The molecule has 0 spiro atoms. The number of rotatable bonds is 6. The molecular weight excluding hydrogens is 400 g/mol. The van der Waals surface area contributed by atoms with Crippen molar-refractivity contribution >= 4 is 31.6 Å². The predicted molar refractivity (Wildman–Crippen MR) is 99.2 cm³/mol. The van der Waals surface area contributed by atoms with Crippen molar-refractivity contribution in [2.75, 3.05) is 14.1 Å². The van der Waals surface area contributed by atoms with Crippen LogP contribution >= 0.6 is 11.6 Å². The first kappa shape index (κ1) is 20.7. The van der Waals surface area contributed by atoms with Crippen molar-refractivity contribution in [3.8, 4) is 5.75 Å². The molecule has 0 aliphatic rings. The van der Waals surface area contributed by atoms with E-state index in [9.17, 15) is 21.9 Å². The molecular formula is C16H19ClN2O5S2. The van der Waals surface area contributed by atoms with Crippen LogP contribution in [0.2, 0.25) is 5.02 Å². The second-order valence-corrected chi connectivity index (χ2v) is 10.0. The summed E-state index contributed by atoms with van der Waals surface area (Å²) in [6.07, 6.45) is 0. The molecule has 0 radical (unpaired) electrons. The summed E-state index contributed by atoms with van der Waals surface area (Å²) in [6.45, 7) is 1.57. The predicted octanol–water partition coefficient (Wildman–Crippen LogP) is 2.34. The maximum absolute atomic E-state index is 12.5. The third-order valence-corrected chi connectivity index (χ3v) is 7.40. The lowest BCUT2D eigenvalue weighted by Gasteiger charge is -2.17.